The molecule has 3 rings (SSSR count). The molecular weight excluding hydrogens is 260 g/mol. The highest BCUT2D eigenvalue weighted by Crippen LogP contribution is 2.55. The zero-order chi connectivity index (χ0) is 14.9. The molecule has 0 aromatic rings. The summed E-state index contributed by atoms with van der Waals surface area (Å²) in [7, 11) is 0. The largest absolute Gasteiger partial charge is 0.428 e. The van der Waals surface area contributed by atoms with E-state index in [1.54, 1.807) is 6.92 Å². The van der Waals surface area contributed by atoms with Crippen LogP contribution in [0.1, 0.15) is 40.0 Å². The molecule has 5 nitrogen and oxygen atoms in total. The van der Waals surface area contributed by atoms with Crippen LogP contribution in [0.15, 0.2) is 11.1 Å². The van der Waals surface area contributed by atoms with E-state index in [0.29, 0.717) is 0 Å². The molecule has 0 aromatic carbocycles. The van der Waals surface area contributed by atoms with Crippen LogP contribution in [0.3, 0.4) is 0 Å². The average Bonchev–Trinajstić information content (AvgIpc) is 2.74. The summed E-state index contributed by atoms with van der Waals surface area (Å²) in [5.74, 6) is -0.860. The van der Waals surface area contributed by atoms with Gasteiger partial charge in [-0.25, -0.2) is 4.79 Å². The van der Waals surface area contributed by atoms with Crippen LogP contribution in [0, 0.1) is 17.3 Å². The monoisotopic (exact) mass is 282 g/mol. The molecule has 1 fully saturated rings. The first-order valence-corrected chi connectivity index (χ1v) is 7.15. The number of fused-ring (bicyclic) bond motifs is 1. The van der Waals surface area contributed by atoms with Crippen molar-refractivity contribution in [1.82, 2.24) is 0 Å². The third kappa shape index (κ3) is 1.91. The molecule has 3 aliphatic rings. The summed E-state index contributed by atoms with van der Waals surface area (Å²) in [6.45, 7) is 5.95. The first kappa shape index (κ1) is 14.0. The number of hydrogen-bond acceptors (Lipinski definition) is 5. The lowest BCUT2D eigenvalue weighted by atomic mass is 9.78. The number of hydrogen-bond donors (Lipinski definition) is 3. The standard InChI is InChI=1S/C15H22O5/c1-14(2)4-7-9(6-14)15(3,19)5-8-10(11(7)16)13(18)20-12(8)17/h7,9,11,13,16,18-19H,4-6H2,1-3H3/t7-,9+,11-,13-,15+/m1/s1. The SMILES string of the molecule is CC1(C)C[C@H]2[C@@H](O)C3=C(C[C@](C)(O)[C@H]2C1)C(=O)O[C@H]3O. The number of esters is 1. The fourth-order valence-electron chi connectivity index (χ4n) is 4.34. The van der Waals surface area contributed by atoms with Gasteiger partial charge in [0.15, 0.2) is 0 Å². The Morgan fingerprint density at radius 3 is 2.50 bits per heavy atom. The molecule has 20 heavy (non-hydrogen) atoms. The van der Waals surface area contributed by atoms with Crippen LogP contribution in [-0.4, -0.2) is 39.3 Å². The van der Waals surface area contributed by atoms with E-state index < -0.39 is 24.0 Å². The number of rotatable bonds is 0. The van der Waals surface area contributed by atoms with Crippen molar-refractivity contribution in [2.75, 3.05) is 0 Å². The van der Waals surface area contributed by atoms with Gasteiger partial charge in [0.05, 0.1) is 11.7 Å². The quantitative estimate of drug-likeness (QED) is 0.570. The van der Waals surface area contributed by atoms with Crippen LogP contribution in [0.2, 0.25) is 0 Å². The maximum Gasteiger partial charge on any atom is 0.336 e. The minimum absolute atomic E-state index is 0.0345. The van der Waals surface area contributed by atoms with Gasteiger partial charge in [-0.15, -0.1) is 0 Å². The summed E-state index contributed by atoms with van der Waals surface area (Å²) in [6.07, 6.45) is -0.606. The fourth-order valence-corrected chi connectivity index (χ4v) is 4.34. The number of carbonyl (C=O) groups excluding carboxylic acids is 1. The number of carbonyl (C=O) groups is 1. The lowest BCUT2D eigenvalue weighted by Crippen LogP contribution is -2.40. The molecule has 1 aliphatic heterocycles. The van der Waals surface area contributed by atoms with E-state index in [1.165, 1.54) is 0 Å². The van der Waals surface area contributed by atoms with Crippen LogP contribution in [-0.2, 0) is 9.53 Å². The van der Waals surface area contributed by atoms with E-state index in [1.807, 2.05) is 0 Å². The molecular formula is C15H22O5. The molecule has 0 aromatic heterocycles. The number of cyclic esters (lactones) is 1. The Labute approximate surface area is 118 Å². The van der Waals surface area contributed by atoms with Gasteiger partial charge in [-0.3, -0.25) is 0 Å². The molecule has 0 saturated heterocycles. The van der Waals surface area contributed by atoms with Crippen LogP contribution in [0.5, 0.6) is 0 Å². The van der Waals surface area contributed by atoms with Gasteiger partial charge in [-0.05, 0) is 37.0 Å². The lowest BCUT2D eigenvalue weighted by Gasteiger charge is -2.34. The topological polar surface area (TPSA) is 87.0 Å². The predicted molar refractivity (Wildman–Crippen MR) is 70.4 cm³/mol. The minimum Gasteiger partial charge on any atom is -0.428 e. The van der Waals surface area contributed by atoms with Gasteiger partial charge in [0.25, 0.3) is 0 Å². The number of aliphatic hydroxyl groups excluding tert-OH is 2. The molecule has 0 unspecified atom stereocenters. The summed E-state index contributed by atoms with van der Waals surface area (Å²) in [5.41, 5.74) is -0.519. The van der Waals surface area contributed by atoms with Crippen molar-refractivity contribution >= 4 is 5.97 Å². The van der Waals surface area contributed by atoms with Crippen LogP contribution >= 0.6 is 0 Å². The van der Waals surface area contributed by atoms with E-state index >= 15 is 0 Å². The molecule has 0 spiro atoms. The minimum atomic E-state index is -1.37. The van der Waals surface area contributed by atoms with Crippen LogP contribution in [0.4, 0.5) is 0 Å². The van der Waals surface area contributed by atoms with Crippen LogP contribution in [0.25, 0.3) is 0 Å². The maximum atomic E-state index is 11.8. The molecule has 5 heteroatoms. The van der Waals surface area contributed by atoms with Crippen molar-refractivity contribution in [2.24, 2.45) is 17.3 Å². The van der Waals surface area contributed by atoms with Gasteiger partial charge in [-0.1, -0.05) is 13.8 Å². The molecule has 0 radical (unpaired) electrons. The smallest absolute Gasteiger partial charge is 0.336 e. The summed E-state index contributed by atoms with van der Waals surface area (Å²) in [5, 5.41) is 31.3. The van der Waals surface area contributed by atoms with Gasteiger partial charge in [0, 0.05) is 17.6 Å². The van der Waals surface area contributed by atoms with E-state index in [-0.39, 0.29) is 34.8 Å². The molecule has 3 N–H and O–H groups in total. The molecule has 1 heterocycles. The second-order valence-electron chi connectivity index (χ2n) is 7.51. The van der Waals surface area contributed by atoms with Crippen molar-refractivity contribution in [3.05, 3.63) is 11.1 Å². The van der Waals surface area contributed by atoms with Gasteiger partial charge in [0.2, 0.25) is 6.29 Å². The van der Waals surface area contributed by atoms with Gasteiger partial charge < -0.3 is 20.1 Å². The first-order chi connectivity index (χ1) is 9.12. The van der Waals surface area contributed by atoms with E-state index in [0.717, 1.165) is 12.8 Å². The molecule has 1 saturated carbocycles. The normalized spacial score (nSPS) is 46.8. The Kier molecular flexibility index (Phi) is 2.85. The zero-order valence-corrected chi connectivity index (χ0v) is 12.1. The second-order valence-corrected chi connectivity index (χ2v) is 7.51. The highest BCUT2D eigenvalue weighted by molar-refractivity contribution is 5.92. The van der Waals surface area contributed by atoms with Crippen molar-refractivity contribution in [3.63, 3.8) is 0 Å². The molecule has 0 bridgehead atoms. The Morgan fingerprint density at radius 1 is 1.20 bits per heavy atom. The highest BCUT2D eigenvalue weighted by atomic mass is 16.6. The lowest BCUT2D eigenvalue weighted by molar-refractivity contribution is -0.154. The Hall–Kier alpha value is -0.910. The maximum absolute atomic E-state index is 11.8. The van der Waals surface area contributed by atoms with E-state index in [2.05, 4.69) is 13.8 Å². The summed E-state index contributed by atoms with van der Waals surface area (Å²) >= 11 is 0. The zero-order valence-electron chi connectivity index (χ0n) is 12.1. The predicted octanol–water partition coefficient (Wildman–Crippen LogP) is 0.726. The third-order valence-corrected chi connectivity index (χ3v) is 5.21. The Balaban J connectivity index is 2.07. The summed E-state index contributed by atoms with van der Waals surface area (Å²) in [6, 6.07) is 0. The Morgan fingerprint density at radius 2 is 1.85 bits per heavy atom. The molecule has 112 valence electrons. The van der Waals surface area contributed by atoms with Gasteiger partial charge in [-0.2, -0.15) is 0 Å². The third-order valence-electron chi connectivity index (χ3n) is 5.21. The number of ether oxygens (including phenoxy) is 1. The molecule has 2 aliphatic carbocycles. The summed E-state index contributed by atoms with van der Waals surface area (Å²) in [4.78, 5) is 11.8. The fraction of sp³-hybridized carbons (Fsp3) is 0.800. The van der Waals surface area contributed by atoms with Crippen molar-refractivity contribution < 1.29 is 24.9 Å². The summed E-state index contributed by atoms with van der Waals surface area (Å²) < 4.78 is 4.80. The van der Waals surface area contributed by atoms with Gasteiger partial charge in [0.1, 0.15) is 0 Å². The number of aliphatic hydroxyl groups is 3. The first-order valence-electron chi connectivity index (χ1n) is 7.15. The molecule has 0 amide bonds. The molecule has 5 atom stereocenters. The van der Waals surface area contributed by atoms with Crippen molar-refractivity contribution in [2.45, 2.75) is 58.0 Å². The average molecular weight is 282 g/mol. The van der Waals surface area contributed by atoms with E-state index in [4.69, 9.17) is 4.74 Å². The van der Waals surface area contributed by atoms with Crippen LogP contribution < -0.4 is 0 Å². The highest BCUT2D eigenvalue weighted by Gasteiger charge is 2.56. The Bertz CT molecular complexity index is 490. The van der Waals surface area contributed by atoms with Gasteiger partial charge >= 0.3 is 5.97 Å². The van der Waals surface area contributed by atoms with E-state index in [9.17, 15) is 20.1 Å². The van der Waals surface area contributed by atoms with Crippen molar-refractivity contribution in [3.8, 4) is 0 Å². The van der Waals surface area contributed by atoms with Crippen molar-refractivity contribution in [1.29, 1.82) is 0 Å². The second kappa shape index (κ2) is 4.06.